The van der Waals surface area contributed by atoms with Gasteiger partial charge in [0.25, 0.3) is 11.7 Å². The molecule has 0 aliphatic carbocycles. The third-order valence-corrected chi connectivity index (χ3v) is 4.17. The smallest absolute Gasteiger partial charge is 0.294 e. The summed E-state index contributed by atoms with van der Waals surface area (Å²) in [5.41, 5.74) is 2.81. The van der Waals surface area contributed by atoms with E-state index in [0.717, 1.165) is 22.4 Å². The van der Waals surface area contributed by atoms with Crippen LogP contribution in [0, 0.1) is 5.92 Å². The van der Waals surface area contributed by atoms with Crippen molar-refractivity contribution in [2.45, 2.75) is 13.8 Å². The lowest BCUT2D eigenvalue weighted by Gasteiger charge is -2.09. The van der Waals surface area contributed by atoms with E-state index in [1.54, 1.807) is 17.7 Å². The number of carbonyl (C=O) groups is 2. The molecule has 1 N–H and O–H groups in total. The number of pyridine rings is 1. The molecular formula is C21H22N2O3. The second-order valence-corrected chi connectivity index (χ2v) is 6.56. The van der Waals surface area contributed by atoms with E-state index in [4.69, 9.17) is 4.74 Å². The van der Waals surface area contributed by atoms with Crippen LogP contribution in [0.1, 0.15) is 24.3 Å². The molecule has 0 saturated heterocycles. The van der Waals surface area contributed by atoms with Crippen molar-refractivity contribution < 1.29 is 14.3 Å². The molecule has 0 radical (unpaired) electrons. The van der Waals surface area contributed by atoms with Crippen LogP contribution in [0.25, 0.3) is 16.6 Å². The molecule has 0 atom stereocenters. The summed E-state index contributed by atoms with van der Waals surface area (Å²) < 4.78 is 6.96. The van der Waals surface area contributed by atoms with Gasteiger partial charge in [0.15, 0.2) is 0 Å². The molecule has 0 saturated carbocycles. The third-order valence-electron chi connectivity index (χ3n) is 4.17. The van der Waals surface area contributed by atoms with Crippen LogP contribution in [-0.4, -0.2) is 29.7 Å². The molecule has 5 heteroatoms. The van der Waals surface area contributed by atoms with Crippen molar-refractivity contribution in [3.05, 3.63) is 60.4 Å². The Hall–Kier alpha value is -3.08. The van der Waals surface area contributed by atoms with E-state index in [1.807, 2.05) is 62.4 Å². The lowest BCUT2D eigenvalue weighted by molar-refractivity contribution is -0.117. The number of hydrogen-bond donors (Lipinski definition) is 1. The molecule has 3 rings (SSSR count). The number of fused-ring (bicyclic) bond motifs is 1. The van der Waals surface area contributed by atoms with Crippen LogP contribution in [0.5, 0.6) is 5.75 Å². The number of aromatic nitrogens is 1. The summed E-state index contributed by atoms with van der Waals surface area (Å²) in [6.07, 6.45) is 1.80. The molecule has 2 heterocycles. The van der Waals surface area contributed by atoms with Crippen LogP contribution in [0.15, 0.2) is 54.7 Å². The number of ether oxygens (including phenoxy) is 1. The molecule has 5 nitrogen and oxygen atoms in total. The lowest BCUT2D eigenvalue weighted by Crippen LogP contribution is -2.34. The minimum atomic E-state index is -0.586. The van der Waals surface area contributed by atoms with Crippen LogP contribution in [0.2, 0.25) is 0 Å². The fourth-order valence-corrected chi connectivity index (χ4v) is 2.83. The quantitative estimate of drug-likeness (QED) is 0.546. The largest absolute Gasteiger partial charge is 0.497 e. The number of ketones is 1. The summed E-state index contributed by atoms with van der Waals surface area (Å²) in [7, 11) is 1.61. The Morgan fingerprint density at radius 2 is 1.85 bits per heavy atom. The predicted octanol–water partition coefficient (Wildman–Crippen LogP) is 3.57. The molecular weight excluding hydrogens is 328 g/mol. The normalized spacial score (nSPS) is 10.9. The van der Waals surface area contributed by atoms with Crippen molar-refractivity contribution in [1.29, 1.82) is 0 Å². The molecule has 0 fully saturated rings. The van der Waals surface area contributed by atoms with E-state index in [-0.39, 0.29) is 5.92 Å². The average Bonchev–Trinajstić information content (AvgIpc) is 3.05. The molecule has 3 aromatic rings. The van der Waals surface area contributed by atoms with E-state index < -0.39 is 11.7 Å². The summed E-state index contributed by atoms with van der Waals surface area (Å²) in [5.74, 6) is -0.114. The molecule has 0 spiro atoms. The monoisotopic (exact) mass is 350 g/mol. The van der Waals surface area contributed by atoms with Gasteiger partial charge in [0.05, 0.1) is 7.11 Å². The zero-order chi connectivity index (χ0) is 18.7. The lowest BCUT2D eigenvalue weighted by atomic mass is 10.0. The van der Waals surface area contributed by atoms with Crippen LogP contribution >= 0.6 is 0 Å². The highest BCUT2D eigenvalue weighted by Gasteiger charge is 2.24. The highest BCUT2D eigenvalue weighted by atomic mass is 16.5. The van der Waals surface area contributed by atoms with E-state index in [0.29, 0.717) is 12.2 Å². The van der Waals surface area contributed by atoms with Gasteiger partial charge in [0, 0.05) is 23.8 Å². The van der Waals surface area contributed by atoms with Gasteiger partial charge in [-0.05, 0) is 41.8 Å². The third kappa shape index (κ3) is 3.47. The maximum absolute atomic E-state index is 12.9. The van der Waals surface area contributed by atoms with Gasteiger partial charge in [0.2, 0.25) is 0 Å². The highest BCUT2D eigenvalue weighted by molar-refractivity contribution is 6.43. The maximum Gasteiger partial charge on any atom is 0.294 e. The first-order valence-electron chi connectivity index (χ1n) is 8.58. The Morgan fingerprint density at radius 3 is 2.50 bits per heavy atom. The number of hydrogen-bond acceptors (Lipinski definition) is 3. The van der Waals surface area contributed by atoms with Crippen LogP contribution < -0.4 is 10.1 Å². The number of nitrogens with one attached hydrogen (secondary N) is 1. The minimum absolute atomic E-state index is 0.275. The number of nitrogens with zero attached hydrogens (tertiary/aromatic N) is 1. The summed E-state index contributed by atoms with van der Waals surface area (Å²) >= 11 is 0. The number of rotatable bonds is 6. The van der Waals surface area contributed by atoms with Gasteiger partial charge in [-0.1, -0.05) is 32.0 Å². The molecule has 1 aromatic carbocycles. The van der Waals surface area contributed by atoms with Gasteiger partial charge >= 0.3 is 0 Å². The molecule has 0 unspecified atom stereocenters. The van der Waals surface area contributed by atoms with Gasteiger partial charge < -0.3 is 14.5 Å². The van der Waals surface area contributed by atoms with E-state index in [2.05, 4.69) is 5.32 Å². The van der Waals surface area contributed by atoms with Crippen molar-refractivity contribution in [1.82, 2.24) is 9.72 Å². The molecule has 134 valence electrons. The molecule has 0 bridgehead atoms. The van der Waals surface area contributed by atoms with Gasteiger partial charge in [-0.25, -0.2) is 0 Å². The van der Waals surface area contributed by atoms with E-state index >= 15 is 0 Å². The van der Waals surface area contributed by atoms with Crippen LogP contribution in [0.4, 0.5) is 0 Å². The topological polar surface area (TPSA) is 59.8 Å². The van der Waals surface area contributed by atoms with Gasteiger partial charge in [-0.3, -0.25) is 9.59 Å². The van der Waals surface area contributed by atoms with Gasteiger partial charge in [-0.2, -0.15) is 0 Å². The Kier molecular flexibility index (Phi) is 5.07. The standard InChI is InChI=1S/C21H22N2O3/c1-14(2)13-22-21(25)20(24)19-18(12-16-6-4-5-11-23(16)19)15-7-9-17(26-3)10-8-15/h4-12,14H,13H2,1-3H3,(H,22,25). The zero-order valence-corrected chi connectivity index (χ0v) is 15.2. The van der Waals surface area contributed by atoms with Crippen molar-refractivity contribution in [3.8, 4) is 16.9 Å². The maximum atomic E-state index is 12.9. The number of methoxy groups -OCH3 is 1. The molecule has 26 heavy (non-hydrogen) atoms. The Bertz CT molecular complexity index is 940. The highest BCUT2D eigenvalue weighted by Crippen LogP contribution is 2.29. The van der Waals surface area contributed by atoms with Gasteiger partial charge in [0.1, 0.15) is 11.4 Å². The Morgan fingerprint density at radius 1 is 1.12 bits per heavy atom. The molecule has 2 aromatic heterocycles. The van der Waals surface area contributed by atoms with E-state index in [9.17, 15) is 9.59 Å². The number of benzene rings is 1. The SMILES string of the molecule is COc1ccc(-c2cc3ccccn3c2C(=O)C(=O)NCC(C)C)cc1. The Labute approximate surface area is 152 Å². The molecule has 0 aliphatic rings. The summed E-state index contributed by atoms with van der Waals surface area (Å²) in [6, 6.07) is 15.0. The molecule has 1 amide bonds. The summed E-state index contributed by atoms with van der Waals surface area (Å²) in [4.78, 5) is 25.3. The first-order chi connectivity index (χ1) is 12.5. The average molecular weight is 350 g/mol. The van der Waals surface area contributed by atoms with Gasteiger partial charge in [-0.15, -0.1) is 0 Å². The van der Waals surface area contributed by atoms with Crippen molar-refractivity contribution in [2.24, 2.45) is 5.92 Å². The second-order valence-electron chi connectivity index (χ2n) is 6.56. The summed E-state index contributed by atoms with van der Waals surface area (Å²) in [5, 5.41) is 2.71. The number of Topliss-reactive ketones (excluding diaryl/α,β-unsaturated/α-hetero) is 1. The minimum Gasteiger partial charge on any atom is -0.497 e. The van der Waals surface area contributed by atoms with Crippen molar-refractivity contribution >= 4 is 17.2 Å². The number of carbonyl (C=O) groups excluding carboxylic acids is 2. The molecule has 0 aliphatic heterocycles. The first kappa shape index (κ1) is 17.7. The van der Waals surface area contributed by atoms with Crippen molar-refractivity contribution in [2.75, 3.05) is 13.7 Å². The van der Waals surface area contributed by atoms with Crippen LogP contribution in [0.3, 0.4) is 0 Å². The zero-order valence-electron chi connectivity index (χ0n) is 15.2. The first-order valence-corrected chi connectivity index (χ1v) is 8.58. The van der Waals surface area contributed by atoms with Crippen LogP contribution in [-0.2, 0) is 4.79 Å². The summed E-state index contributed by atoms with van der Waals surface area (Å²) in [6.45, 7) is 4.44. The second kappa shape index (κ2) is 7.44. The van der Waals surface area contributed by atoms with E-state index in [1.165, 1.54) is 0 Å². The van der Waals surface area contributed by atoms with Crippen molar-refractivity contribution in [3.63, 3.8) is 0 Å². The fraction of sp³-hybridized carbons (Fsp3) is 0.238. The number of amides is 1. The fourth-order valence-electron chi connectivity index (χ4n) is 2.83. The predicted molar refractivity (Wildman–Crippen MR) is 102 cm³/mol. The Balaban J connectivity index is 2.07.